The molecular formula is C23H30N2O4S. The van der Waals surface area contributed by atoms with Crippen molar-refractivity contribution in [2.45, 2.75) is 57.9 Å². The van der Waals surface area contributed by atoms with Crippen molar-refractivity contribution in [3.05, 3.63) is 52.6 Å². The average molecular weight is 431 g/mol. The second kappa shape index (κ2) is 8.40. The first-order valence-electron chi connectivity index (χ1n) is 10.2. The van der Waals surface area contributed by atoms with E-state index in [0.717, 1.165) is 33.7 Å². The number of aryl methyl sites for hydroxylation is 1. The van der Waals surface area contributed by atoms with Crippen molar-refractivity contribution in [2.24, 2.45) is 0 Å². The summed E-state index contributed by atoms with van der Waals surface area (Å²) in [7, 11) is -2.07. The lowest BCUT2D eigenvalue weighted by molar-refractivity contribution is -0.116. The fraction of sp³-hybridized carbons (Fsp3) is 0.435. The van der Waals surface area contributed by atoms with Crippen molar-refractivity contribution in [3.8, 4) is 5.75 Å². The summed E-state index contributed by atoms with van der Waals surface area (Å²) in [5.41, 5.74) is 4.61. The first-order valence-corrected chi connectivity index (χ1v) is 11.6. The minimum atomic E-state index is -3.72. The van der Waals surface area contributed by atoms with Crippen molar-refractivity contribution < 1.29 is 17.9 Å². The Kier molecular flexibility index (Phi) is 6.24. The van der Waals surface area contributed by atoms with E-state index in [2.05, 4.69) is 18.6 Å². The van der Waals surface area contributed by atoms with Gasteiger partial charge in [-0.25, -0.2) is 13.1 Å². The van der Waals surface area contributed by atoms with E-state index in [1.165, 1.54) is 6.92 Å². The summed E-state index contributed by atoms with van der Waals surface area (Å²) < 4.78 is 34.4. The molecule has 1 heterocycles. The van der Waals surface area contributed by atoms with Gasteiger partial charge in [0.15, 0.2) is 0 Å². The Morgan fingerprint density at radius 1 is 1.13 bits per heavy atom. The fourth-order valence-corrected chi connectivity index (χ4v) is 5.32. The third kappa shape index (κ3) is 4.23. The molecule has 0 radical (unpaired) electrons. The highest BCUT2D eigenvalue weighted by molar-refractivity contribution is 7.89. The van der Waals surface area contributed by atoms with Crippen LogP contribution in [0, 0.1) is 6.92 Å². The molecule has 0 bridgehead atoms. The minimum Gasteiger partial charge on any atom is -0.496 e. The number of hydrogen-bond donors (Lipinski definition) is 1. The largest absolute Gasteiger partial charge is 0.496 e. The van der Waals surface area contributed by atoms with Crippen LogP contribution < -0.4 is 14.4 Å². The minimum absolute atomic E-state index is 0.0351. The van der Waals surface area contributed by atoms with Gasteiger partial charge in [0, 0.05) is 25.2 Å². The summed E-state index contributed by atoms with van der Waals surface area (Å²) in [5, 5.41) is 0. The molecule has 1 aliphatic heterocycles. The molecule has 0 saturated heterocycles. The third-order valence-electron chi connectivity index (χ3n) is 5.68. The van der Waals surface area contributed by atoms with Gasteiger partial charge in [-0.3, -0.25) is 4.79 Å². The lowest BCUT2D eigenvalue weighted by Crippen LogP contribution is -2.28. The maximum absolute atomic E-state index is 13.1. The van der Waals surface area contributed by atoms with Crippen LogP contribution in [0.5, 0.6) is 5.75 Å². The van der Waals surface area contributed by atoms with Crippen LogP contribution in [0.3, 0.4) is 0 Å². The normalized spacial score (nSPS) is 14.7. The number of carbonyl (C=O) groups excluding carboxylic acids is 1. The number of nitrogens with zero attached hydrogens (tertiary/aromatic N) is 1. The quantitative estimate of drug-likeness (QED) is 0.749. The molecule has 1 N–H and O–H groups in total. The number of nitrogens with one attached hydrogen (secondary N) is 1. The Balaban J connectivity index is 1.89. The van der Waals surface area contributed by atoms with Gasteiger partial charge in [-0.05, 0) is 78.8 Å². The number of sulfonamides is 1. The van der Waals surface area contributed by atoms with Crippen LogP contribution >= 0.6 is 0 Å². The van der Waals surface area contributed by atoms with Gasteiger partial charge in [-0.15, -0.1) is 0 Å². The summed E-state index contributed by atoms with van der Waals surface area (Å²) in [4.78, 5) is 13.6. The molecule has 7 heteroatoms. The molecule has 6 nitrogen and oxygen atoms in total. The van der Waals surface area contributed by atoms with Gasteiger partial charge in [0.25, 0.3) is 0 Å². The molecule has 1 unspecified atom stereocenters. The number of amides is 1. The molecule has 30 heavy (non-hydrogen) atoms. The highest BCUT2D eigenvalue weighted by Crippen LogP contribution is 2.33. The first-order chi connectivity index (χ1) is 14.0. The molecular weight excluding hydrogens is 400 g/mol. The Labute approximate surface area is 179 Å². The molecule has 1 amide bonds. The van der Waals surface area contributed by atoms with Crippen LogP contribution in [-0.4, -0.2) is 28.0 Å². The van der Waals surface area contributed by atoms with Gasteiger partial charge in [0.05, 0.1) is 12.0 Å². The number of hydrogen-bond acceptors (Lipinski definition) is 4. The molecule has 0 aromatic heterocycles. The molecule has 2 aromatic carbocycles. The van der Waals surface area contributed by atoms with Crippen molar-refractivity contribution in [1.82, 2.24) is 4.72 Å². The molecule has 3 rings (SSSR count). The Hall–Kier alpha value is -2.38. The van der Waals surface area contributed by atoms with Gasteiger partial charge in [-0.1, -0.05) is 13.8 Å². The van der Waals surface area contributed by atoms with E-state index < -0.39 is 16.1 Å². The summed E-state index contributed by atoms with van der Waals surface area (Å²) >= 11 is 0. The van der Waals surface area contributed by atoms with Crippen LogP contribution in [0.4, 0.5) is 5.69 Å². The predicted molar refractivity (Wildman–Crippen MR) is 119 cm³/mol. The molecule has 0 aliphatic carbocycles. The molecule has 1 aliphatic rings. The second-order valence-electron chi connectivity index (χ2n) is 8.16. The zero-order chi connectivity index (χ0) is 22.2. The first kappa shape index (κ1) is 22.3. The molecule has 0 spiro atoms. The lowest BCUT2D eigenvalue weighted by Gasteiger charge is -2.21. The average Bonchev–Trinajstić information content (AvgIpc) is 3.10. The van der Waals surface area contributed by atoms with Gasteiger partial charge in [0.1, 0.15) is 5.75 Å². The van der Waals surface area contributed by atoms with E-state index in [0.29, 0.717) is 13.0 Å². The standard InChI is InChI=1S/C23H30N2O4S/c1-14(2)20-13-21(15(3)11-23(20)29-6)16(4)24-30(27,28)19-7-8-22-18(12-19)9-10-25(22)17(5)26/h7-8,11-14,16,24H,9-10H2,1-6H3. The number of benzene rings is 2. The van der Waals surface area contributed by atoms with Crippen LogP contribution in [0.2, 0.25) is 0 Å². The molecule has 162 valence electrons. The molecule has 0 saturated carbocycles. The summed E-state index contributed by atoms with van der Waals surface area (Å²) in [5.74, 6) is 1.03. The number of rotatable bonds is 6. The van der Waals surface area contributed by atoms with E-state index in [9.17, 15) is 13.2 Å². The highest BCUT2D eigenvalue weighted by atomic mass is 32.2. The van der Waals surface area contributed by atoms with Crippen LogP contribution in [0.25, 0.3) is 0 Å². The van der Waals surface area contributed by atoms with Gasteiger partial charge < -0.3 is 9.64 Å². The fourth-order valence-electron chi connectivity index (χ4n) is 4.05. The van der Waals surface area contributed by atoms with E-state index in [4.69, 9.17) is 4.74 Å². The smallest absolute Gasteiger partial charge is 0.241 e. The van der Waals surface area contributed by atoms with E-state index >= 15 is 0 Å². The van der Waals surface area contributed by atoms with Gasteiger partial charge in [-0.2, -0.15) is 0 Å². The molecule has 1 atom stereocenters. The van der Waals surface area contributed by atoms with Crippen molar-refractivity contribution in [1.29, 1.82) is 0 Å². The van der Waals surface area contributed by atoms with Gasteiger partial charge in [0.2, 0.25) is 15.9 Å². The van der Waals surface area contributed by atoms with Crippen LogP contribution in [0.15, 0.2) is 35.2 Å². The Morgan fingerprint density at radius 2 is 1.83 bits per heavy atom. The number of ether oxygens (including phenoxy) is 1. The van der Waals surface area contributed by atoms with Gasteiger partial charge >= 0.3 is 0 Å². The topological polar surface area (TPSA) is 75.7 Å². The van der Waals surface area contributed by atoms with E-state index in [-0.39, 0.29) is 16.7 Å². The zero-order valence-corrected chi connectivity index (χ0v) is 19.3. The molecule has 0 fully saturated rings. The van der Waals surface area contributed by atoms with Crippen LogP contribution in [0.1, 0.15) is 61.9 Å². The van der Waals surface area contributed by atoms with Crippen LogP contribution in [-0.2, 0) is 21.2 Å². The monoisotopic (exact) mass is 430 g/mol. The number of carbonyl (C=O) groups is 1. The van der Waals surface area contributed by atoms with Crippen molar-refractivity contribution >= 4 is 21.6 Å². The third-order valence-corrected chi connectivity index (χ3v) is 7.21. The lowest BCUT2D eigenvalue weighted by atomic mass is 9.94. The van der Waals surface area contributed by atoms with Crippen molar-refractivity contribution in [3.63, 3.8) is 0 Å². The highest BCUT2D eigenvalue weighted by Gasteiger charge is 2.26. The van der Waals surface area contributed by atoms with Crippen molar-refractivity contribution in [2.75, 3.05) is 18.6 Å². The Morgan fingerprint density at radius 3 is 2.43 bits per heavy atom. The maximum atomic E-state index is 13.1. The molecule has 2 aromatic rings. The predicted octanol–water partition coefficient (Wildman–Crippen LogP) is 4.08. The summed E-state index contributed by atoms with van der Waals surface area (Å²) in [6.07, 6.45) is 0.656. The SMILES string of the molecule is COc1cc(C)c(C(C)NS(=O)(=O)c2ccc3c(c2)CCN3C(C)=O)cc1C(C)C. The zero-order valence-electron chi connectivity index (χ0n) is 18.4. The number of fused-ring (bicyclic) bond motifs is 1. The van der Waals surface area contributed by atoms with E-state index in [1.54, 1.807) is 30.2 Å². The number of methoxy groups -OCH3 is 1. The van der Waals surface area contributed by atoms with E-state index in [1.807, 2.05) is 26.0 Å². The summed E-state index contributed by atoms with van der Waals surface area (Å²) in [6, 6.07) is 8.54. The summed E-state index contributed by atoms with van der Waals surface area (Å²) in [6.45, 7) is 10.1. The second-order valence-corrected chi connectivity index (χ2v) is 9.87. The Bertz CT molecular complexity index is 1080. The number of anilines is 1. The maximum Gasteiger partial charge on any atom is 0.241 e.